The number of carboxylic acid groups (broad SMARTS) is 1. The van der Waals surface area contributed by atoms with Gasteiger partial charge >= 0.3 is 5.97 Å². The van der Waals surface area contributed by atoms with E-state index in [2.05, 4.69) is 15.3 Å². The minimum Gasteiger partial charge on any atom is -0.480 e. The first-order valence-corrected chi connectivity index (χ1v) is 9.50. The molecule has 1 atom stereocenters. The molecule has 6 nitrogen and oxygen atoms in total. The van der Waals surface area contributed by atoms with Crippen LogP contribution in [-0.2, 0) is 11.3 Å². The smallest absolute Gasteiger partial charge is 0.317 e. The van der Waals surface area contributed by atoms with Gasteiger partial charge in [-0.05, 0) is 45.0 Å². The van der Waals surface area contributed by atoms with E-state index < -0.39 is 5.97 Å². The standard InChI is InChI=1S/C18H24N4O2S/c1-21(12-17(23)24)15-5-4-9-22(10-7-15)11-14-13-25-18(20-14)16-6-2-3-8-19-16/h2-3,6,8,13,15H,4-5,7,9-12H2,1H3,(H,23,24). The van der Waals surface area contributed by atoms with Crippen molar-refractivity contribution in [1.29, 1.82) is 0 Å². The number of pyridine rings is 1. The normalized spacial score (nSPS) is 19.0. The van der Waals surface area contributed by atoms with Crippen molar-refractivity contribution in [3.63, 3.8) is 0 Å². The molecule has 0 bridgehead atoms. The second-order valence-electron chi connectivity index (χ2n) is 6.53. The molecule has 2 aromatic heterocycles. The zero-order valence-electron chi connectivity index (χ0n) is 14.5. The van der Waals surface area contributed by atoms with Crippen molar-refractivity contribution in [2.75, 3.05) is 26.7 Å². The molecule has 3 rings (SSSR count). The number of likely N-dealkylation sites (N-methyl/N-ethyl adjacent to an activating group) is 1. The lowest BCUT2D eigenvalue weighted by Crippen LogP contribution is -2.36. The summed E-state index contributed by atoms with van der Waals surface area (Å²) in [4.78, 5) is 24.4. The van der Waals surface area contributed by atoms with Gasteiger partial charge in [-0.1, -0.05) is 6.07 Å². The van der Waals surface area contributed by atoms with E-state index in [-0.39, 0.29) is 6.54 Å². The van der Waals surface area contributed by atoms with Gasteiger partial charge in [0.2, 0.25) is 0 Å². The molecule has 2 aromatic rings. The Morgan fingerprint density at radius 1 is 1.40 bits per heavy atom. The first kappa shape index (κ1) is 18.0. The summed E-state index contributed by atoms with van der Waals surface area (Å²) in [5, 5.41) is 12.0. The number of hydrogen-bond acceptors (Lipinski definition) is 6. The number of hydrogen-bond donors (Lipinski definition) is 1. The second-order valence-corrected chi connectivity index (χ2v) is 7.39. The summed E-state index contributed by atoms with van der Waals surface area (Å²) in [6, 6.07) is 6.22. The van der Waals surface area contributed by atoms with E-state index in [1.807, 2.05) is 30.1 Å². The Morgan fingerprint density at radius 3 is 3.04 bits per heavy atom. The number of nitrogens with zero attached hydrogens (tertiary/aromatic N) is 4. The Hall–Kier alpha value is -1.83. The Morgan fingerprint density at radius 2 is 2.28 bits per heavy atom. The minimum atomic E-state index is -0.756. The molecule has 134 valence electrons. The van der Waals surface area contributed by atoms with Gasteiger partial charge in [-0.25, -0.2) is 4.98 Å². The molecule has 0 radical (unpaired) electrons. The van der Waals surface area contributed by atoms with Crippen LogP contribution in [0.4, 0.5) is 0 Å². The molecule has 25 heavy (non-hydrogen) atoms. The zero-order chi connectivity index (χ0) is 17.6. The van der Waals surface area contributed by atoms with Gasteiger partial charge in [-0.2, -0.15) is 0 Å². The van der Waals surface area contributed by atoms with Gasteiger partial charge in [0, 0.05) is 30.7 Å². The Bertz CT molecular complexity index is 691. The van der Waals surface area contributed by atoms with E-state index in [1.54, 1.807) is 17.5 Å². The van der Waals surface area contributed by atoms with Gasteiger partial charge in [-0.15, -0.1) is 11.3 Å². The van der Waals surface area contributed by atoms with Crippen LogP contribution in [0.5, 0.6) is 0 Å². The van der Waals surface area contributed by atoms with E-state index in [9.17, 15) is 4.79 Å². The lowest BCUT2D eigenvalue weighted by atomic mass is 10.1. The van der Waals surface area contributed by atoms with E-state index >= 15 is 0 Å². The third-order valence-electron chi connectivity index (χ3n) is 4.62. The maximum absolute atomic E-state index is 10.9. The van der Waals surface area contributed by atoms with Gasteiger partial charge in [-0.3, -0.25) is 19.6 Å². The number of aromatic nitrogens is 2. The summed E-state index contributed by atoms with van der Waals surface area (Å²) in [5.41, 5.74) is 2.01. The molecule has 7 heteroatoms. The Labute approximate surface area is 152 Å². The third kappa shape index (κ3) is 5.07. The molecule has 1 unspecified atom stereocenters. The van der Waals surface area contributed by atoms with Crippen molar-refractivity contribution in [2.24, 2.45) is 0 Å². The number of aliphatic carboxylic acids is 1. The van der Waals surface area contributed by atoms with Crippen LogP contribution in [0.25, 0.3) is 10.7 Å². The van der Waals surface area contributed by atoms with Gasteiger partial charge in [0.05, 0.1) is 17.9 Å². The van der Waals surface area contributed by atoms with Gasteiger partial charge in [0.15, 0.2) is 0 Å². The quantitative estimate of drug-likeness (QED) is 0.854. The van der Waals surface area contributed by atoms with Gasteiger partial charge in [0.25, 0.3) is 0 Å². The third-order valence-corrected chi connectivity index (χ3v) is 5.53. The van der Waals surface area contributed by atoms with Crippen LogP contribution in [0.1, 0.15) is 25.0 Å². The van der Waals surface area contributed by atoms with Crippen LogP contribution in [0, 0.1) is 0 Å². The van der Waals surface area contributed by atoms with Crippen molar-refractivity contribution in [2.45, 2.75) is 31.8 Å². The van der Waals surface area contributed by atoms with E-state index in [0.717, 1.165) is 55.3 Å². The maximum Gasteiger partial charge on any atom is 0.317 e. The van der Waals surface area contributed by atoms with E-state index in [1.165, 1.54) is 0 Å². The largest absolute Gasteiger partial charge is 0.480 e. The molecule has 0 aliphatic carbocycles. The average molecular weight is 360 g/mol. The molecule has 0 amide bonds. The molecular weight excluding hydrogens is 336 g/mol. The number of carbonyl (C=O) groups is 1. The van der Waals surface area contributed by atoms with Gasteiger partial charge in [0.1, 0.15) is 5.01 Å². The predicted octanol–water partition coefficient (Wildman–Crippen LogP) is 2.58. The van der Waals surface area contributed by atoms with Crippen LogP contribution in [0.2, 0.25) is 0 Å². The SMILES string of the molecule is CN(CC(=O)O)C1CCCN(Cc2csc(-c3ccccn3)n2)CC1. The summed E-state index contributed by atoms with van der Waals surface area (Å²) in [6.07, 6.45) is 4.93. The molecule has 3 heterocycles. The van der Waals surface area contributed by atoms with Crippen molar-refractivity contribution in [3.8, 4) is 10.7 Å². The first-order valence-electron chi connectivity index (χ1n) is 8.62. The van der Waals surface area contributed by atoms with Gasteiger partial charge < -0.3 is 5.11 Å². The van der Waals surface area contributed by atoms with E-state index in [0.29, 0.717) is 6.04 Å². The fraction of sp³-hybridized carbons (Fsp3) is 0.500. The number of thiazole rings is 1. The highest BCUT2D eigenvalue weighted by molar-refractivity contribution is 7.13. The van der Waals surface area contributed by atoms with Crippen molar-refractivity contribution in [1.82, 2.24) is 19.8 Å². The van der Waals surface area contributed by atoms with Crippen molar-refractivity contribution >= 4 is 17.3 Å². The van der Waals surface area contributed by atoms with Crippen LogP contribution in [-0.4, -0.2) is 63.6 Å². The number of carboxylic acids is 1. The summed E-state index contributed by atoms with van der Waals surface area (Å²) in [6.45, 7) is 2.97. The highest BCUT2D eigenvalue weighted by atomic mass is 32.1. The number of rotatable bonds is 6. The predicted molar refractivity (Wildman–Crippen MR) is 98.5 cm³/mol. The zero-order valence-corrected chi connectivity index (χ0v) is 15.3. The topological polar surface area (TPSA) is 69.6 Å². The average Bonchev–Trinajstić information content (AvgIpc) is 2.93. The second kappa shape index (κ2) is 8.51. The molecule has 0 spiro atoms. The Kier molecular flexibility index (Phi) is 6.12. The highest BCUT2D eigenvalue weighted by Gasteiger charge is 2.22. The van der Waals surface area contributed by atoms with E-state index in [4.69, 9.17) is 10.1 Å². The van der Waals surface area contributed by atoms with Crippen LogP contribution in [0.15, 0.2) is 29.8 Å². The monoisotopic (exact) mass is 360 g/mol. The summed E-state index contributed by atoms with van der Waals surface area (Å²) in [7, 11) is 1.91. The minimum absolute atomic E-state index is 0.115. The molecule has 0 aromatic carbocycles. The lowest BCUT2D eigenvalue weighted by molar-refractivity contribution is -0.138. The molecule has 1 fully saturated rings. The summed E-state index contributed by atoms with van der Waals surface area (Å²) < 4.78 is 0. The highest BCUT2D eigenvalue weighted by Crippen LogP contribution is 2.23. The Balaban J connectivity index is 1.55. The summed E-state index contributed by atoms with van der Waals surface area (Å²) >= 11 is 1.63. The molecule has 0 saturated carbocycles. The fourth-order valence-electron chi connectivity index (χ4n) is 3.30. The molecule has 1 aliphatic rings. The molecule has 1 N–H and O–H groups in total. The van der Waals surface area contributed by atoms with Crippen molar-refractivity contribution < 1.29 is 9.90 Å². The van der Waals surface area contributed by atoms with Crippen LogP contribution < -0.4 is 0 Å². The molecule has 1 aliphatic heterocycles. The van der Waals surface area contributed by atoms with Crippen molar-refractivity contribution in [3.05, 3.63) is 35.5 Å². The molecular formula is C18H24N4O2S. The van der Waals surface area contributed by atoms with Crippen LogP contribution in [0.3, 0.4) is 0 Å². The number of likely N-dealkylation sites (tertiary alicyclic amines) is 1. The molecule has 1 saturated heterocycles. The lowest BCUT2D eigenvalue weighted by Gasteiger charge is -2.25. The maximum atomic E-state index is 10.9. The summed E-state index contributed by atoms with van der Waals surface area (Å²) in [5.74, 6) is -0.756. The fourth-order valence-corrected chi connectivity index (χ4v) is 4.08. The first-order chi connectivity index (χ1) is 12.1. The van der Waals surface area contributed by atoms with Crippen LogP contribution >= 0.6 is 11.3 Å².